The van der Waals surface area contributed by atoms with Crippen LogP contribution in [0, 0.1) is 0 Å². The average molecular weight is 252 g/mol. The molecule has 0 fully saturated rings. The van der Waals surface area contributed by atoms with E-state index < -0.39 is 17.9 Å². The summed E-state index contributed by atoms with van der Waals surface area (Å²) in [5, 5.41) is 2.59. The van der Waals surface area contributed by atoms with Crippen LogP contribution >= 0.6 is 0 Å². The Morgan fingerprint density at radius 1 is 1.39 bits per heavy atom. The zero-order valence-corrected chi connectivity index (χ0v) is 9.81. The van der Waals surface area contributed by atoms with E-state index in [9.17, 15) is 14.4 Å². The van der Waals surface area contributed by atoms with E-state index in [1.807, 2.05) is 0 Å². The normalized spacial score (nSPS) is 11.8. The van der Waals surface area contributed by atoms with Gasteiger partial charge in [-0.25, -0.2) is 0 Å². The van der Waals surface area contributed by atoms with Crippen molar-refractivity contribution in [3.05, 3.63) is 34.2 Å². The lowest BCUT2D eigenvalue weighted by molar-refractivity contribution is -0.126. The molecule has 2 amide bonds. The largest absolute Gasteiger partial charge is 0.370 e. The quantitative estimate of drug-likeness (QED) is 0.477. The summed E-state index contributed by atoms with van der Waals surface area (Å²) in [6.07, 6.45) is 1.97. The molecule has 0 aliphatic heterocycles. The van der Waals surface area contributed by atoms with E-state index in [0.29, 0.717) is 13.0 Å². The highest BCUT2D eigenvalue weighted by molar-refractivity contribution is 5.87. The summed E-state index contributed by atoms with van der Waals surface area (Å²) in [4.78, 5) is 35.3. The number of nitrogens with one attached hydrogen (secondary N) is 2. The second-order valence-corrected chi connectivity index (χ2v) is 3.88. The van der Waals surface area contributed by atoms with Crippen molar-refractivity contribution in [1.82, 2.24) is 10.3 Å². The van der Waals surface area contributed by atoms with Crippen LogP contribution in [-0.2, 0) is 16.0 Å². The van der Waals surface area contributed by atoms with E-state index in [2.05, 4.69) is 10.3 Å². The summed E-state index contributed by atoms with van der Waals surface area (Å²) in [5.41, 5.74) is 11.1. The van der Waals surface area contributed by atoms with E-state index in [4.69, 9.17) is 11.5 Å². The molecule has 0 radical (unpaired) electrons. The number of nitrogens with two attached hydrogens (primary N) is 2. The van der Waals surface area contributed by atoms with Crippen LogP contribution in [-0.4, -0.2) is 29.4 Å². The Morgan fingerprint density at radius 2 is 2.11 bits per heavy atom. The minimum Gasteiger partial charge on any atom is -0.370 e. The Morgan fingerprint density at radius 3 is 2.67 bits per heavy atom. The van der Waals surface area contributed by atoms with Gasteiger partial charge in [0.05, 0.1) is 12.5 Å². The number of hydrogen-bond donors (Lipinski definition) is 4. The maximum Gasteiger partial charge on any atom is 0.247 e. The van der Waals surface area contributed by atoms with Crippen LogP contribution in [0.25, 0.3) is 0 Å². The van der Waals surface area contributed by atoms with Crippen molar-refractivity contribution >= 4 is 11.8 Å². The van der Waals surface area contributed by atoms with Crippen molar-refractivity contribution in [3.8, 4) is 0 Å². The smallest absolute Gasteiger partial charge is 0.247 e. The van der Waals surface area contributed by atoms with Gasteiger partial charge in [0.15, 0.2) is 0 Å². The first-order valence-corrected chi connectivity index (χ1v) is 5.48. The van der Waals surface area contributed by atoms with Crippen molar-refractivity contribution in [2.45, 2.75) is 18.9 Å². The molecule has 98 valence electrons. The first kappa shape index (κ1) is 13.9. The van der Waals surface area contributed by atoms with Gasteiger partial charge in [-0.05, 0) is 12.0 Å². The van der Waals surface area contributed by atoms with Crippen LogP contribution in [0.5, 0.6) is 0 Å². The second kappa shape index (κ2) is 6.55. The van der Waals surface area contributed by atoms with Crippen LogP contribution in [0.1, 0.15) is 12.0 Å². The fourth-order valence-corrected chi connectivity index (χ4v) is 1.37. The van der Waals surface area contributed by atoms with Crippen molar-refractivity contribution in [3.63, 3.8) is 0 Å². The molecule has 0 aliphatic rings. The van der Waals surface area contributed by atoms with Gasteiger partial charge in [0, 0.05) is 18.8 Å². The third-order valence-electron chi connectivity index (χ3n) is 2.32. The zero-order chi connectivity index (χ0) is 13.5. The molecule has 0 saturated carbocycles. The number of aromatic amines is 1. The molecular formula is C11H16N4O3. The summed E-state index contributed by atoms with van der Waals surface area (Å²) >= 11 is 0. The Balaban J connectivity index is 2.33. The predicted molar refractivity (Wildman–Crippen MR) is 65.6 cm³/mol. The zero-order valence-electron chi connectivity index (χ0n) is 9.81. The first-order chi connectivity index (χ1) is 8.49. The number of rotatable bonds is 6. The fourth-order valence-electron chi connectivity index (χ4n) is 1.37. The molecule has 1 atom stereocenters. The number of amides is 2. The molecule has 1 heterocycles. The molecule has 0 bridgehead atoms. The number of pyridine rings is 1. The predicted octanol–water partition coefficient (Wildman–Crippen LogP) is -1.76. The van der Waals surface area contributed by atoms with E-state index in [1.165, 1.54) is 6.07 Å². The van der Waals surface area contributed by atoms with Crippen molar-refractivity contribution < 1.29 is 9.59 Å². The highest BCUT2D eigenvalue weighted by Gasteiger charge is 2.14. The minimum absolute atomic E-state index is 0.175. The monoisotopic (exact) mass is 252 g/mol. The van der Waals surface area contributed by atoms with Crippen LogP contribution in [0.4, 0.5) is 0 Å². The van der Waals surface area contributed by atoms with Crippen molar-refractivity contribution in [2.24, 2.45) is 11.5 Å². The summed E-state index contributed by atoms with van der Waals surface area (Å²) < 4.78 is 0. The number of H-pyrrole nitrogens is 1. The summed E-state index contributed by atoms with van der Waals surface area (Å²) in [6.45, 7) is 0.372. The minimum atomic E-state index is -0.918. The van der Waals surface area contributed by atoms with Gasteiger partial charge < -0.3 is 21.8 Å². The van der Waals surface area contributed by atoms with Crippen molar-refractivity contribution in [2.75, 3.05) is 6.54 Å². The van der Waals surface area contributed by atoms with Gasteiger partial charge in [0.1, 0.15) is 0 Å². The van der Waals surface area contributed by atoms with Crippen LogP contribution in [0.2, 0.25) is 0 Å². The number of aromatic nitrogens is 1. The number of primary amides is 1. The van der Waals surface area contributed by atoms with E-state index in [0.717, 1.165) is 5.56 Å². The van der Waals surface area contributed by atoms with Gasteiger partial charge in [-0.2, -0.15) is 0 Å². The second-order valence-electron chi connectivity index (χ2n) is 3.88. The lowest BCUT2D eigenvalue weighted by atomic mass is 10.2. The maximum atomic E-state index is 11.4. The Labute approximate surface area is 104 Å². The van der Waals surface area contributed by atoms with E-state index >= 15 is 0 Å². The highest BCUT2D eigenvalue weighted by Crippen LogP contribution is 1.94. The van der Waals surface area contributed by atoms with E-state index in [-0.39, 0.29) is 12.0 Å². The van der Waals surface area contributed by atoms with Crippen LogP contribution < -0.4 is 22.3 Å². The van der Waals surface area contributed by atoms with Gasteiger partial charge in [-0.1, -0.05) is 6.07 Å². The lowest BCUT2D eigenvalue weighted by Crippen LogP contribution is -2.43. The molecule has 6 N–H and O–H groups in total. The highest BCUT2D eigenvalue weighted by atomic mass is 16.2. The Hall–Kier alpha value is -2.15. The van der Waals surface area contributed by atoms with Crippen molar-refractivity contribution in [1.29, 1.82) is 0 Å². The molecule has 0 spiro atoms. The standard InChI is InChI=1S/C11H16N4O3/c12-8(5-9(13)16)11(18)14-4-3-7-1-2-10(17)15-6-7/h1-2,6,8H,3-5,12H2,(H2,13,16)(H,14,18)(H,15,17)/t8-/m1/s1. The van der Waals surface area contributed by atoms with Gasteiger partial charge >= 0.3 is 0 Å². The number of hydrogen-bond acceptors (Lipinski definition) is 4. The van der Waals surface area contributed by atoms with Crippen LogP contribution in [0.3, 0.4) is 0 Å². The Bertz CT molecular complexity index is 463. The summed E-state index contributed by atoms with van der Waals surface area (Å²) in [6, 6.07) is 2.17. The molecule has 18 heavy (non-hydrogen) atoms. The topological polar surface area (TPSA) is 131 Å². The van der Waals surface area contributed by atoms with Gasteiger partial charge in [-0.15, -0.1) is 0 Å². The molecule has 1 aromatic rings. The third-order valence-corrected chi connectivity index (χ3v) is 2.32. The number of carbonyl (C=O) groups is 2. The molecule has 0 aliphatic carbocycles. The molecule has 1 aromatic heterocycles. The molecule has 1 rings (SSSR count). The van der Waals surface area contributed by atoms with Crippen LogP contribution in [0.15, 0.2) is 23.1 Å². The average Bonchev–Trinajstić information content (AvgIpc) is 2.30. The molecule has 0 unspecified atom stereocenters. The number of carbonyl (C=O) groups excluding carboxylic acids is 2. The third kappa shape index (κ3) is 4.79. The molecular weight excluding hydrogens is 236 g/mol. The maximum absolute atomic E-state index is 11.4. The molecule has 7 heteroatoms. The SMILES string of the molecule is NC(=O)C[C@@H](N)C(=O)NCCc1ccc(=O)[nH]c1. The lowest BCUT2D eigenvalue weighted by Gasteiger charge is -2.10. The molecule has 7 nitrogen and oxygen atoms in total. The fraction of sp³-hybridized carbons (Fsp3) is 0.364. The summed E-state index contributed by atoms with van der Waals surface area (Å²) in [7, 11) is 0. The summed E-state index contributed by atoms with van der Waals surface area (Å²) in [5.74, 6) is -1.03. The molecule has 0 saturated heterocycles. The van der Waals surface area contributed by atoms with Gasteiger partial charge in [0.25, 0.3) is 0 Å². The van der Waals surface area contributed by atoms with Gasteiger partial charge in [0.2, 0.25) is 17.4 Å². The first-order valence-electron chi connectivity index (χ1n) is 5.48. The molecule has 0 aromatic carbocycles. The Kier molecular flexibility index (Phi) is 5.06. The van der Waals surface area contributed by atoms with Gasteiger partial charge in [-0.3, -0.25) is 14.4 Å². The van der Waals surface area contributed by atoms with E-state index in [1.54, 1.807) is 12.3 Å².